The van der Waals surface area contributed by atoms with Gasteiger partial charge in [0, 0.05) is 22.4 Å². The monoisotopic (exact) mass is 363 g/mol. The molecule has 0 radical (unpaired) electrons. The van der Waals surface area contributed by atoms with Crippen LogP contribution in [0, 0.1) is 0 Å². The van der Waals surface area contributed by atoms with Crippen LogP contribution in [-0.2, 0) is 0 Å². The van der Waals surface area contributed by atoms with Crippen LogP contribution in [0.4, 0.5) is 0 Å². The summed E-state index contributed by atoms with van der Waals surface area (Å²) >= 11 is 3.38. The van der Waals surface area contributed by atoms with Gasteiger partial charge in [-0.15, -0.1) is 0 Å². The molecule has 2 nitrogen and oxygen atoms in total. The molecule has 0 bridgehead atoms. The maximum absolute atomic E-state index is 12.1. The lowest BCUT2D eigenvalue weighted by atomic mass is 10.0. The average molecular weight is 364 g/mol. The van der Waals surface area contributed by atoms with Crippen molar-refractivity contribution in [3.63, 3.8) is 0 Å². The van der Waals surface area contributed by atoms with E-state index in [0.29, 0.717) is 5.56 Å². The van der Waals surface area contributed by atoms with Crippen LogP contribution >= 0.6 is 15.9 Å². The number of pyridine rings is 1. The summed E-state index contributed by atoms with van der Waals surface area (Å²) in [5, 5.41) is 0. The van der Waals surface area contributed by atoms with Crippen molar-refractivity contribution in [2.45, 2.75) is 0 Å². The molecule has 0 amide bonds. The first-order chi connectivity index (χ1) is 11.2. The molecule has 0 N–H and O–H groups in total. The van der Waals surface area contributed by atoms with Crippen LogP contribution < -0.4 is 0 Å². The summed E-state index contributed by atoms with van der Waals surface area (Å²) in [4.78, 5) is 16.3. The molecule has 0 saturated heterocycles. The van der Waals surface area contributed by atoms with Gasteiger partial charge in [-0.05, 0) is 41.0 Å². The number of carbonyl (C=O) groups is 1. The van der Waals surface area contributed by atoms with E-state index in [1.54, 1.807) is 12.3 Å². The van der Waals surface area contributed by atoms with E-state index in [0.717, 1.165) is 21.2 Å². The fourth-order valence-corrected chi connectivity index (χ4v) is 2.63. The topological polar surface area (TPSA) is 30.0 Å². The van der Waals surface area contributed by atoms with E-state index < -0.39 is 0 Å². The highest BCUT2D eigenvalue weighted by atomic mass is 79.9. The molecule has 0 saturated carbocycles. The predicted octanol–water partition coefficient (Wildman–Crippen LogP) is 5.41. The maximum atomic E-state index is 12.1. The molecule has 0 fully saturated rings. The first kappa shape index (κ1) is 15.4. The number of aromatic nitrogens is 1. The number of benzene rings is 2. The van der Waals surface area contributed by atoms with Crippen molar-refractivity contribution < 1.29 is 4.79 Å². The van der Waals surface area contributed by atoms with E-state index in [9.17, 15) is 4.79 Å². The summed E-state index contributed by atoms with van der Waals surface area (Å²) in [6, 6.07) is 19.4. The fourth-order valence-electron chi connectivity index (χ4n) is 2.23. The zero-order valence-corrected chi connectivity index (χ0v) is 13.9. The van der Waals surface area contributed by atoms with Crippen LogP contribution in [0.5, 0.6) is 0 Å². The maximum Gasteiger partial charge on any atom is 0.185 e. The second kappa shape index (κ2) is 7.16. The zero-order chi connectivity index (χ0) is 16.1. The first-order valence-corrected chi connectivity index (χ1v) is 8.00. The van der Waals surface area contributed by atoms with Crippen LogP contribution in [0.15, 0.2) is 83.6 Å². The Labute approximate surface area is 143 Å². The third kappa shape index (κ3) is 4.02. The lowest BCUT2D eigenvalue weighted by molar-refractivity contribution is 0.104. The molecule has 0 aliphatic carbocycles. The molecule has 0 atom stereocenters. The van der Waals surface area contributed by atoms with Crippen molar-refractivity contribution in [1.82, 2.24) is 4.98 Å². The molecular weight excluding hydrogens is 350 g/mol. The molecule has 23 heavy (non-hydrogen) atoms. The number of hydrogen-bond donors (Lipinski definition) is 0. The number of rotatable bonds is 4. The van der Waals surface area contributed by atoms with E-state index in [1.807, 2.05) is 72.9 Å². The Morgan fingerprint density at radius 2 is 1.78 bits per heavy atom. The second-order valence-corrected chi connectivity index (χ2v) is 5.99. The molecule has 0 aliphatic heterocycles. The number of hydrogen-bond acceptors (Lipinski definition) is 2. The van der Waals surface area contributed by atoms with Gasteiger partial charge < -0.3 is 0 Å². The van der Waals surface area contributed by atoms with E-state index in [2.05, 4.69) is 20.9 Å². The average Bonchev–Trinajstić information content (AvgIpc) is 2.61. The molecule has 112 valence electrons. The van der Waals surface area contributed by atoms with Crippen LogP contribution in [0.3, 0.4) is 0 Å². The fraction of sp³-hybridized carbons (Fsp3) is 0. The number of carbonyl (C=O) groups excluding carboxylic acids is 1. The molecule has 3 aromatic rings. The highest BCUT2D eigenvalue weighted by Crippen LogP contribution is 2.19. The smallest absolute Gasteiger partial charge is 0.185 e. The Kier molecular flexibility index (Phi) is 4.79. The van der Waals surface area contributed by atoms with E-state index in [-0.39, 0.29) is 5.78 Å². The lowest BCUT2D eigenvalue weighted by Crippen LogP contribution is -1.93. The molecule has 1 heterocycles. The standard InChI is InChI=1S/C20H14BrNO/c21-19-5-1-3-17(13-19)20(23)11-8-15-6-9-16(10-7-15)18-4-2-12-22-14-18/h1-14H/b11-8+. The minimum atomic E-state index is -0.0114. The minimum Gasteiger partial charge on any atom is -0.289 e. The number of allylic oxidation sites excluding steroid dienone is 1. The van der Waals surface area contributed by atoms with Crippen LogP contribution in [0.2, 0.25) is 0 Å². The summed E-state index contributed by atoms with van der Waals surface area (Å²) in [6.45, 7) is 0. The molecule has 2 aromatic carbocycles. The van der Waals surface area contributed by atoms with Crippen LogP contribution in [0.25, 0.3) is 17.2 Å². The number of ketones is 1. The third-order valence-electron chi connectivity index (χ3n) is 3.44. The van der Waals surface area contributed by atoms with Crippen molar-refractivity contribution in [2.24, 2.45) is 0 Å². The minimum absolute atomic E-state index is 0.0114. The molecule has 0 aliphatic rings. The van der Waals surface area contributed by atoms with Gasteiger partial charge in [-0.1, -0.05) is 64.5 Å². The summed E-state index contributed by atoms with van der Waals surface area (Å²) in [7, 11) is 0. The van der Waals surface area contributed by atoms with Crippen LogP contribution in [-0.4, -0.2) is 10.8 Å². The highest BCUT2D eigenvalue weighted by molar-refractivity contribution is 9.10. The van der Waals surface area contributed by atoms with Crippen molar-refractivity contribution in [1.29, 1.82) is 0 Å². The van der Waals surface area contributed by atoms with Gasteiger partial charge in [-0.2, -0.15) is 0 Å². The molecule has 0 spiro atoms. The van der Waals surface area contributed by atoms with Crippen LogP contribution in [0.1, 0.15) is 15.9 Å². The van der Waals surface area contributed by atoms with Gasteiger partial charge in [0.25, 0.3) is 0 Å². The van der Waals surface area contributed by atoms with Gasteiger partial charge in [-0.3, -0.25) is 9.78 Å². The predicted molar refractivity (Wildman–Crippen MR) is 97.2 cm³/mol. The van der Waals surface area contributed by atoms with Gasteiger partial charge in [0.15, 0.2) is 5.78 Å². The highest BCUT2D eigenvalue weighted by Gasteiger charge is 2.02. The van der Waals surface area contributed by atoms with Crippen molar-refractivity contribution in [3.05, 3.63) is 94.7 Å². The van der Waals surface area contributed by atoms with Crippen molar-refractivity contribution in [3.8, 4) is 11.1 Å². The first-order valence-electron chi connectivity index (χ1n) is 7.21. The van der Waals surface area contributed by atoms with Crippen molar-refractivity contribution >= 4 is 27.8 Å². The summed E-state index contributed by atoms with van der Waals surface area (Å²) in [5.41, 5.74) is 3.84. The SMILES string of the molecule is O=C(/C=C/c1ccc(-c2cccnc2)cc1)c1cccc(Br)c1. The lowest BCUT2D eigenvalue weighted by Gasteiger charge is -2.01. The largest absolute Gasteiger partial charge is 0.289 e. The van der Waals surface area contributed by atoms with E-state index >= 15 is 0 Å². The van der Waals surface area contributed by atoms with Gasteiger partial charge in [0.05, 0.1) is 0 Å². The van der Waals surface area contributed by atoms with E-state index in [1.165, 1.54) is 0 Å². The summed E-state index contributed by atoms with van der Waals surface area (Å²) in [5.74, 6) is -0.0114. The van der Waals surface area contributed by atoms with Gasteiger partial charge >= 0.3 is 0 Å². The van der Waals surface area contributed by atoms with Crippen molar-refractivity contribution in [2.75, 3.05) is 0 Å². The molecule has 1 aromatic heterocycles. The number of nitrogens with zero attached hydrogens (tertiary/aromatic N) is 1. The van der Waals surface area contributed by atoms with Gasteiger partial charge in [0.2, 0.25) is 0 Å². The molecule has 3 rings (SSSR count). The molecule has 0 unspecified atom stereocenters. The van der Waals surface area contributed by atoms with E-state index in [4.69, 9.17) is 0 Å². The Hall–Kier alpha value is -2.52. The Morgan fingerprint density at radius 1 is 0.957 bits per heavy atom. The molecular formula is C20H14BrNO. The Balaban J connectivity index is 1.74. The number of halogens is 1. The Morgan fingerprint density at radius 3 is 2.48 bits per heavy atom. The zero-order valence-electron chi connectivity index (χ0n) is 12.3. The second-order valence-electron chi connectivity index (χ2n) is 5.07. The summed E-state index contributed by atoms with van der Waals surface area (Å²) in [6.07, 6.45) is 7.02. The molecule has 3 heteroatoms. The Bertz CT molecular complexity index is 839. The normalized spacial score (nSPS) is 10.8. The third-order valence-corrected chi connectivity index (χ3v) is 3.94. The summed E-state index contributed by atoms with van der Waals surface area (Å²) < 4.78 is 0.901. The van der Waals surface area contributed by atoms with Gasteiger partial charge in [-0.25, -0.2) is 0 Å². The van der Waals surface area contributed by atoms with Gasteiger partial charge in [0.1, 0.15) is 0 Å². The quantitative estimate of drug-likeness (QED) is 0.458.